The van der Waals surface area contributed by atoms with Gasteiger partial charge in [0.25, 0.3) is 11.8 Å². The molecule has 1 saturated carbocycles. The molecule has 0 atom stereocenters. The second kappa shape index (κ2) is 12.8. The molecule has 1 aliphatic carbocycles. The fraction of sp³-hybridized carbons (Fsp3) is 0.375. The van der Waals surface area contributed by atoms with Crippen molar-refractivity contribution in [2.24, 2.45) is 0 Å². The summed E-state index contributed by atoms with van der Waals surface area (Å²) in [5.41, 5.74) is 1.86. The first-order chi connectivity index (χ1) is 19.8. The third kappa shape index (κ3) is 7.47. The number of hydrogen-bond donors (Lipinski definition) is 2. The van der Waals surface area contributed by atoms with Crippen molar-refractivity contribution in [3.05, 3.63) is 95.1 Å². The Morgan fingerprint density at radius 2 is 1.54 bits per heavy atom. The van der Waals surface area contributed by atoms with Gasteiger partial charge in [-0.1, -0.05) is 55.7 Å². The molecule has 2 amide bonds. The van der Waals surface area contributed by atoms with E-state index in [2.05, 4.69) is 32.6 Å². The summed E-state index contributed by atoms with van der Waals surface area (Å²) in [5, 5.41) is 5.87. The van der Waals surface area contributed by atoms with Crippen LogP contribution in [-0.2, 0) is 12.7 Å². The summed E-state index contributed by atoms with van der Waals surface area (Å²) in [4.78, 5) is 31.0. The topological polar surface area (TPSA) is 64.7 Å². The van der Waals surface area contributed by atoms with Crippen LogP contribution in [0.4, 0.5) is 24.5 Å². The van der Waals surface area contributed by atoms with Gasteiger partial charge in [-0.2, -0.15) is 13.2 Å². The van der Waals surface area contributed by atoms with Crippen molar-refractivity contribution in [1.29, 1.82) is 0 Å². The fourth-order valence-corrected chi connectivity index (χ4v) is 5.61. The van der Waals surface area contributed by atoms with Crippen LogP contribution in [0.3, 0.4) is 0 Å². The van der Waals surface area contributed by atoms with Crippen molar-refractivity contribution < 1.29 is 22.8 Å². The Kier molecular flexibility index (Phi) is 8.93. The standard InChI is InChI=1S/C32H35F3N4O2/c33-32(34,35)25-11-7-10-24(20-25)30(40)37-27-14-15-29(28(21-27)31(41)36-26-12-5-2-6-13-26)39-18-16-38(17-19-39)22-23-8-3-1-4-9-23/h1,3-4,7-11,14-15,20-21,26H,2,5-6,12-13,16-19,22H2,(H,36,41)(H,37,40). The van der Waals surface area contributed by atoms with Crippen LogP contribution in [-0.4, -0.2) is 48.9 Å². The third-order valence-electron chi connectivity index (χ3n) is 7.85. The molecule has 2 N–H and O–H groups in total. The van der Waals surface area contributed by atoms with Crippen LogP contribution in [0.2, 0.25) is 0 Å². The molecule has 3 aromatic rings. The largest absolute Gasteiger partial charge is 0.416 e. The van der Waals surface area contributed by atoms with E-state index < -0.39 is 17.6 Å². The molecule has 5 rings (SSSR count). The van der Waals surface area contributed by atoms with Gasteiger partial charge in [0.05, 0.1) is 11.1 Å². The minimum atomic E-state index is -4.55. The Bertz CT molecular complexity index is 1350. The Labute approximate surface area is 238 Å². The summed E-state index contributed by atoms with van der Waals surface area (Å²) >= 11 is 0. The first-order valence-electron chi connectivity index (χ1n) is 14.2. The van der Waals surface area contributed by atoms with Crippen LogP contribution < -0.4 is 15.5 Å². The number of halogens is 3. The summed E-state index contributed by atoms with van der Waals surface area (Å²) in [6.07, 6.45) is 0.647. The number of hydrogen-bond acceptors (Lipinski definition) is 4. The summed E-state index contributed by atoms with van der Waals surface area (Å²) < 4.78 is 39.5. The number of anilines is 2. The SMILES string of the molecule is O=C(Nc1ccc(N2CCN(Cc3ccccc3)CC2)c(C(=O)NC2CCCCC2)c1)c1cccc(C(F)(F)F)c1. The van der Waals surface area contributed by atoms with Crippen molar-refractivity contribution in [1.82, 2.24) is 10.2 Å². The highest BCUT2D eigenvalue weighted by Crippen LogP contribution is 2.31. The van der Waals surface area contributed by atoms with Crippen LogP contribution in [0, 0.1) is 0 Å². The monoisotopic (exact) mass is 564 g/mol. The zero-order valence-electron chi connectivity index (χ0n) is 22.9. The molecule has 41 heavy (non-hydrogen) atoms. The van der Waals surface area contributed by atoms with Crippen molar-refractivity contribution in [3.63, 3.8) is 0 Å². The van der Waals surface area contributed by atoms with Gasteiger partial charge < -0.3 is 15.5 Å². The van der Waals surface area contributed by atoms with Crippen molar-refractivity contribution in [2.45, 2.75) is 50.9 Å². The predicted molar refractivity (Wildman–Crippen MR) is 154 cm³/mol. The lowest BCUT2D eigenvalue weighted by atomic mass is 9.95. The van der Waals surface area contributed by atoms with E-state index in [9.17, 15) is 22.8 Å². The second-order valence-corrected chi connectivity index (χ2v) is 10.8. The van der Waals surface area contributed by atoms with Gasteiger partial charge in [-0.25, -0.2) is 0 Å². The molecule has 0 bridgehead atoms. The first-order valence-corrected chi connectivity index (χ1v) is 14.2. The average Bonchev–Trinajstić information content (AvgIpc) is 2.98. The molecule has 9 heteroatoms. The van der Waals surface area contributed by atoms with E-state index in [1.807, 2.05) is 24.3 Å². The number of alkyl halides is 3. The second-order valence-electron chi connectivity index (χ2n) is 10.8. The van der Waals surface area contributed by atoms with Crippen molar-refractivity contribution >= 4 is 23.2 Å². The lowest BCUT2D eigenvalue weighted by Crippen LogP contribution is -2.46. The maximum Gasteiger partial charge on any atom is 0.416 e. The van der Waals surface area contributed by atoms with Gasteiger partial charge in [-0.05, 0) is 54.8 Å². The highest BCUT2D eigenvalue weighted by molar-refractivity contribution is 6.06. The molecule has 1 saturated heterocycles. The average molecular weight is 565 g/mol. The number of nitrogens with zero attached hydrogens (tertiary/aromatic N) is 2. The van der Waals surface area contributed by atoms with Gasteiger partial charge in [0.2, 0.25) is 0 Å². The smallest absolute Gasteiger partial charge is 0.368 e. The summed E-state index contributed by atoms with van der Waals surface area (Å²) in [7, 11) is 0. The van der Waals surface area contributed by atoms with E-state index in [4.69, 9.17) is 0 Å². The number of nitrogens with one attached hydrogen (secondary N) is 2. The zero-order chi connectivity index (χ0) is 28.8. The van der Waals surface area contributed by atoms with Crippen LogP contribution >= 0.6 is 0 Å². The van der Waals surface area contributed by atoms with E-state index in [0.29, 0.717) is 11.3 Å². The fourth-order valence-electron chi connectivity index (χ4n) is 5.61. The molecule has 2 fully saturated rings. The maximum atomic E-state index is 13.6. The Morgan fingerprint density at radius 3 is 2.24 bits per heavy atom. The summed E-state index contributed by atoms with van der Waals surface area (Å²) in [6.45, 7) is 4.03. The van der Waals surface area contributed by atoms with Gasteiger partial charge in [0.1, 0.15) is 0 Å². The molecule has 0 unspecified atom stereocenters. The van der Waals surface area contributed by atoms with E-state index in [1.165, 1.54) is 24.1 Å². The number of piperazine rings is 1. The molecule has 2 aliphatic rings. The number of benzene rings is 3. The van der Waals surface area contributed by atoms with Crippen molar-refractivity contribution in [2.75, 3.05) is 36.4 Å². The van der Waals surface area contributed by atoms with Crippen LogP contribution in [0.5, 0.6) is 0 Å². The zero-order valence-corrected chi connectivity index (χ0v) is 22.9. The van der Waals surface area contributed by atoms with Gasteiger partial charge in [0, 0.05) is 55.7 Å². The highest BCUT2D eigenvalue weighted by atomic mass is 19.4. The van der Waals surface area contributed by atoms with Crippen LogP contribution in [0.25, 0.3) is 0 Å². The molecule has 6 nitrogen and oxygen atoms in total. The van der Waals surface area contributed by atoms with E-state index >= 15 is 0 Å². The van der Waals surface area contributed by atoms with E-state index in [-0.39, 0.29) is 17.5 Å². The normalized spacial score (nSPS) is 16.8. The molecule has 216 valence electrons. The number of amides is 2. The quantitative estimate of drug-likeness (QED) is 0.352. The molecule has 0 radical (unpaired) electrons. The lowest BCUT2D eigenvalue weighted by Gasteiger charge is -2.37. The Morgan fingerprint density at radius 1 is 0.805 bits per heavy atom. The third-order valence-corrected chi connectivity index (χ3v) is 7.85. The molecule has 1 aliphatic heterocycles. The predicted octanol–water partition coefficient (Wildman–Crippen LogP) is 6.34. The minimum absolute atomic E-state index is 0.105. The molecular weight excluding hydrogens is 529 g/mol. The number of carbonyl (C=O) groups is 2. The molecule has 3 aromatic carbocycles. The first kappa shape index (κ1) is 28.7. The minimum Gasteiger partial charge on any atom is -0.368 e. The molecular formula is C32H35F3N4O2. The lowest BCUT2D eigenvalue weighted by molar-refractivity contribution is -0.137. The van der Waals surface area contributed by atoms with E-state index in [1.54, 1.807) is 12.1 Å². The maximum absolute atomic E-state index is 13.6. The van der Waals surface area contributed by atoms with Gasteiger partial charge in [-0.15, -0.1) is 0 Å². The van der Waals surface area contributed by atoms with Gasteiger partial charge in [0.15, 0.2) is 0 Å². The summed E-state index contributed by atoms with van der Waals surface area (Å²) in [5.74, 6) is -0.870. The molecule has 0 aromatic heterocycles. The van der Waals surface area contributed by atoms with Gasteiger partial charge in [-0.3, -0.25) is 14.5 Å². The molecule has 0 spiro atoms. The van der Waals surface area contributed by atoms with Gasteiger partial charge >= 0.3 is 6.18 Å². The van der Waals surface area contributed by atoms with Crippen molar-refractivity contribution in [3.8, 4) is 0 Å². The summed E-state index contributed by atoms with van der Waals surface area (Å²) in [6, 6.07) is 19.9. The Balaban J connectivity index is 1.33. The van der Waals surface area contributed by atoms with E-state index in [0.717, 1.165) is 76.2 Å². The van der Waals surface area contributed by atoms with Crippen LogP contribution in [0.15, 0.2) is 72.8 Å². The highest BCUT2D eigenvalue weighted by Gasteiger charge is 2.31. The molecule has 1 heterocycles. The number of rotatable bonds is 7. The number of carbonyl (C=O) groups excluding carboxylic acids is 2. The Hall–Kier alpha value is -3.85. The van der Waals surface area contributed by atoms with Crippen LogP contribution in [0.1, 0.15) is 63.9 Å².